The number of H-pyrrole nitrogens is 1. The summed E-state index contributed by atoms with van der Waals surface area (Å²) in [6.07, 6.45) is 3.79. The molecule has 1 N–H and O–H groups in total. The van der Waals surface area contributed by atoms with Crippen LogP contribution < -0.4 is 4.90 Å². The molecule has 2 rings (SSSR count). The Balaban J connectivity index is 2.02. The van der Waals surface area contributed by atoms with Crippen LogP contribution in [0.2, 0.25) is 0 Å². The van der Waals surface area contributed by atoms with E-state index in [1.165, 1.54) is 12.8 Å². The van der Waals surface area contributed by atoms with Crippen molar-refractivity contribution in [2.24, 2.45) is 5.92 Å². The molecule has 1 aliphatic rings. The van der Waals surface area contributed by atoms with E-state index in [9.17, 15) is 0 Å². The molecule has 1 aliphatic carbocycles. The van der Waals surface area contributed by atoms with E-state index in [0.29, 0.717) is 0 Å². The Labute approximate surface area is 72.0 Å². The number of nitrogens with one attached hydrogen (secondary N) is 1. The predicted molar refractivity (Wildman–Crippen MR) is 47.1 cm³/mol. The molecule has 1 aromatic rings. The molecule has 0 radical (unpaired) electrons. The molecule has 1 heterocycles. The van der Waals surface area contributed by atoms with Crippen LogP contribution in [0, 0.1) is 5.92 Å². The van der Waals surface area contributed by atoms with E-state index in [4.69, 9.17) is 0 Å². The highest BCUT2D eigenvalue weighted by atomic mass is 15.3. The summed E-state index contributed by atoms with van der Waals surface area (Å²) >= 11 is 0. The third-order valence-electron chi connectivity index (χ3n) is 2.10. The fourth-order valence-corrected chi connectivity index (χ4v) is 1.17. The van der Waals surface area contributed by atoms with Gasteiger partial charge in [-0.15, -0.1) is 5.10 Å². The van der Waals surface area contributed by atoms with Gasteiger partial charge in [0.1, 0.15) is 5.82 Å². The van der Waals surface area contributed by atoms with Crippen LogP contribution in [-0.2, 0) is 6.42 Å². The molecule has 1 fully saturated rings. The van der Waals surface area contributed by atoms with E-state index >= 15 is 0 Å². The lowest BCUT2D eigenvalue weighted by Gasteiger charge is -2.03. The molecular formula is C8H14N4. The first-order valence-corrected chi connectivity index (χ1v) is 4.34. The summed E-state index contributed by atoms with van der Waals surface area (Å²) in [6.45, 7) is 0. The molecule has 12 heavy (non-hydrogen) atoms. The van der Waals surface area contributed by atoms with Crippen molar-refractivity contribution in [1.82, 2.24) is 15.2 Å². The van der Waals surface area contributed by atoms with Crippen LogP contribution in [-0.4, -0.2) is 29.3 Å². The summed E-state index contributed by atoms with van der Waals surface area (Å²) in [5.41, 5.74) is 0. The highest BCUT2D eigenvalue weighted by Gasteiger charge is 2.23. The number of aromatic nitrogens is 3. The van der Waals surface area contributed by atoms with E-state index in [0.717, 1.165) is 24.1 Å². The van der Waals surface area contributed by atoms with Gasteiger partial charge in [0.15, 0.2) is 0 Å². The SMILES string of the molecule is CN(C)c1n[nH]c(CC2CC2)n1. The third kappa shape index (κ3) is 1.57. The van der Waals surface area contributed by atoms with Crippen molar-refractivity contribution in [2.75, 3.05) is 19.0 Å². The van der Waals surface area contributed by atoms with Gasteiger partial charge < -0.3 is 4.90 Å². The van der Waals surface area contributed by atoms with Gasteiger partial charge in [-0.1, -0.05) is 0 Å². The van der Waals surface area contributed by atoms with Gasteiger partial charge in [-0.05, 0) is 18.8 Å². The number of hydrogen-bond acceptors (Lipinski definition) is 3. The van der Waals surface area contributed by atoms with Gasteiger partial charge in [-0.3, -0.25) is 5.10 Å². The standard InChI is InChI=1S/C8H14N4/c1-12(2)8-9-7(10-11-8)5-6-3-4-6/h6H,3-5H2,1-2H3,(H,9,10,11). The maximum Gasteiger partial charge on any atom is 0.244 e. The summed E-state index contributed by atoms with van der Waals surface area (Å²) in [6, 6.07) is 0. The number of anilines is 1. The number of hydrogen-bond donors (Lipinski definition) is 1. The second kappa shape index (κ2) is 2.77. The fourth-order valence-electron chi connectivity index (χ4n) is 1.17. The largest absolute Gasteiger partial charge is 0.346 e. The van der Waals surface area contributed by atoms with Gasteiger partial charge in [-0.25, -0.2) is 0 Å². The summed E-state index contributed by atoms with van der Waals surface area (Å²) in [7, 11) is 3.90. The van der Waals surface area contributed by atoms with Gasteiger partial charge in [0, 0.05) is 20.5 Å². The number of aromatic amines is 1. The van der Waals surface area contributed by atoms with Crippen LogP contribution in [0.3, 0.4) is 0 Å². The normalized spacial score (nSPS) is 16.5. The lowest BCUT2D eigenvalue weighted by Crippen LogP contribution is -2.10. The van der Waals surface area contributed by atoms with Gasteiger partial charge >= 0.3 is 0 Å². The first-order chi connectivity index (χ1) is 5.75. The van der Waals surface area contributed by atoms with Crippen molar-refractivity contribution < 1.29 is 0 Å². The van der Waals surface area contributed by atoms with Gasteiger partial charge in [0.05, 0.1) is 0 Å². The Morgan fingerprint density at radius 2 is 2.25 bits per heavy atom. The minimum absolute atomic E-state index is 0.783. The second-order valence-electron chi connectivity index (χ2n) is 3.62. The average molecular weight is 166 g/mol. The fraction of sp³-hybridized carbons (Fsp3) is 0.750. The van der Waals surface area contributed by atoms with Crippen molar-refractivity contribution >= 4 is 5.95 Å². The van der Waals surface area contributed by atoms with Crippen molar-refractivity contribution in [3.63, 3.8) is 0 Å². The molecule has 0 spiro atoms. The average Bonchev–Trinajstić information content (AvgIpc) is 2.66. The molecule has 66 valence electrons. The van der Waals surface area contributed by atoms with Crippen molar-refractivity contribution in [1.29, 1.82) is 0 Å². The maximum atomic E-state index is 4.35. The zero-order valence-corrected chi connectivity index (χ0v) is 7.54. The Morgan fingerprint density at radius 1 is 1.50 bits per heavy atom. The molecule has 0 aliphatic heterocycles. The molecule has 4 heteroatoms. The summed E-state index contributed by atoms with van der Waals surface area (Å²) in [4.78, 5) is 6.26. The minimum atomic E-state index is 0.783. The maximum absolute atomic E-state index is 4.35. The molecular weight excluding hydrogens is 152 g/mol. The molecule has 0 atom stereocenters. The topological polar surface area (TPSA) is 44.8 Å². The molecule has 0 bridgehead atoms. The Kier molecular flexibility index (Phi) is 1.75. The van der Waals surface area contributed by atoms with E-state index in [1.54, 1.807) is 0 Å². The summed E-state index contributed by atoms with van der Waals surface area (Å²) < 4.78 is 0. The Hall–Kier alpha value is -1.06. The highest BCUT2D eigenvalue weighted by Crippen LogP contribution is 2.31. The van der Waals surface area contributed by atoms with Crippen molar-refractivity contribution in [2.45, 2.75) is 19.3 Å². The highest BCUT2D eigenvalue weighted by molar-refractivity contribution is 5.24. The first kappa shape index (κ1) is 7.58. The quantitative estimate of drug-likeness (QED) is 0.723. The second-order valence-corrected chi connectivity index (χ2v) is 3.62. The molecule has 0 saturated heterocycles. The van der Waals surface area contributed by atoms with E-state index in [-0.39, 0.29) is 0 Å². The molecule has 1 aromatic heterocycles. The minimum Gasteiger partial charge on any atom is -0.346 e. The summed E-state index contributed by atoms with van der Waals surface area (Å²) in [5, 5.41) is 7.04. The van der Waals surface area contributed by atoms with Crippen LogP contribution in [0.5, 0.6) is 0 Å². The molecule has 0 unspecified atom stereocenters. The zero-order valence-electron chi connectivity index (χ0n) is 7.54. The van der Waals surface area contributed by atoms with E-state index in [2.05, 4.69) is 15.2 Å². The lowest BCUT2D eigenvalue weighted by atomic mass is 10.3. The zero-order chi connectivity index (χ0) is 8.55. The van der Waals surface area contributed by atoms with Gasteiger partial charge in [0.2, 0.25) is 5.95 Å². The lowest BCUT2D eigenvalue weighted by molar-refractivity contribution is 0.774. The third-order valence-corrected chi connectivity index (χ3v) is 2.10. The number of rotatable bonds is 3. The van der Waals surface area contributed by atoms with Crippen LogP contribution in [0.15, 0.2) is 0 Å². The monoisotopic (exact) mass is 166 g/mol. The Bertz CT molecular complexity index is 262. The number of nitrogens with zero attached hydrogens (tertiary/aromatic N) is 3. The van der Waals surface area contributed by atoms with Crippen molar-refractivity contribution in [3.05, 3.63) is 5.82 Å². The Morgan fingerprint density at radius 3 is 2.75 bits per heavy atom. The van der Waals surface area contributed by atoms with Crippen LogP contribution >= 0.6 is 0 Å². The van der Waals surface area contributed by atoms with Crippen LogP contribution in [0.1, 0.15) is 18.7 Å². The molecule has 0 aromatic carbocycles. The first-order valence-electron chi connectivity index (χ1n) is 4.34. The smallest absolute Gasteiger partial charge is 0.244 e. The molecule has 4 nitrogen and oxygen atoms in total. The van der Waals surface area contributed by atoms with Gasteiger partial charge in [0.25, 0.3) is 0 Å². The predicted octanol–water partition coefficient (Wildman–Crippen LogP) is 0.823. The van der Waals surface area contributed by atoms with E-state index < -0.39 is 0 Å². The van der Waals surface area contributed by atoms with E-state index in [1.807, 2.05) is 19.0 Å². The molecule has 1 saturated carbocycles. The molecule has 0 amide bonds. The van der Waals surface area contributed by atoms with Crippen molar-refractivity contribution in [3.8, 4) is 0 Å². The van der Waals surface area contributed by atoms with Gasteiger partial charge in [-0.2, -0.15) is 4.98 Å². The van der Waals surface area contributed by atoms with Crippen LogP contribution in [0.4, 0.5) is 5.95 Å². The summed E-state index contributed by atoms with van der Waals surface area (Å²) in [5.74, 6) is 2.68. The van der Waals surface area contributed by atoms with Crippen LogP contribution in [0.25, 0.3) is 0 Å².